The molecule has 6 heteroatoms. The average molecular weight is 352 g/mol. The summed E-state index contributed by atoms with van der Waals surface area (Å²) in [6, 6.07) is 10.1. The number of hydrogen-bond donors (Lipinski definition) is 1. The molecule has 1 amide bonds. The maximum absolute atomic E-state index is 13.3. The molecule has 1 fully saturated rings. The first-order valence-electron chi connectivity index (χ1n) is 8.89. The Labute approximate surface area is 151 Å². The molecule has 1 aliphatic carbocycles. The largest absolute Gasteiger partial charge is 0.341 e. The van der Waals surface area contributed by atoms with E-state index in [1.165, 1.54) is 12.1 Å². The lowest BCUT2D eigenvalue weighted by Crippen LogP contribution is -2.44. The quantitative estimate of drug-likeness (QED) is 0.782. The number of benzene rings is 1. The van der Waals surface area contributed by atoms with Crippen LogP contribution < -0.4 is 5.32 Å². The van der Waals surface area contributed by atoms with Crippen LogP contribution in [0.25, 0.3) is 5.65 Å². The van der Waals surface area contributed by atoms with Crippen LogP contribution in [0.5, 0.6) is 0 Å². The molecule has 0 spiro atoms. The SMILES string of the molecule is Cc1cc(C)n2nc(C(=O)NC3(c4ccc(F)cc4)CCCC3)cc2n1. The van der Waals surface area contributed by atoms with Crippen LogP contribution in [-0.2, 0) is 5.54 Å². The Bertz CT molecular complexity index is 971. The van der Waals surface area contributed by atoms with Crippen molar-refractivity contribution in [1.82, 2.24) is 19.9 Å². The minimum atomic E-state index is -0.459. The molecule has 3 aromatic rings. The molecule has 1 N–H and O–H groups in total. The second kappa shape index (κ2) is 6.20. The summed E-state index contributed by atoms with van der Waals surface area (Å²) in [5.41, 5.74) is 3.31. The number of aromatic nitrogens is 3. The molecule has 4 rings (SSSR count). The number of aryl methyl sites for hydroxylation is 2. The van der Waals surface area contributed by atoms with Crippen LogP contribution in [0, 0.1) is 19.7 Å². The number of fused-ring (bicyclic) bond motifs is 1. The zero-order chi connectivity index (χ0) is 18.3. The highest BCUT2D eigenvalue weighted by Gasteiger charge is 2.37. The summed E-state index contributed by atoms with van der Waals surface area (Å²) >= 11 is 0. The van der Waals surface area contributed by atoms with Crippen molar-refractivity contribution in [2.24, 2.45) is 0 Å². The molecule has 1 aromatic carbocycles. The van der Waals surface area contributed by atoms with Gasteiger partial charge in [-0.25, -0.2) is 13.9 Å². The summed E-state index contributed by atoms with van der Waals surface area (Å²) in [7, 11) is 0. The fraction of sp³-hybridized carbons (Fsp3) is 0.350. The van der Waals surface area contributed by atoms with Gasteiger partial charge in [-0.2, -0.15) is 5.10 Å². The van der Waals surface area contributed by atoms with E-state index in [-0.39, 0.29) is 11.7 Å². The van der Waals surface area contributed by atoms with Crippen molar-refractivity contribution in [3.63, 3.8) is 0 Å². The molecule has 2 heterocycles. The first-order valence-corrected chi connectivity index (χ1v) is 8.89. The van der Waals surface area contributed by atoms with Gasteiger partial charge in [0.2, 0.25) is 0 Å². The predicted molar refractivity (Wildman–Crippen MR) is 96.5 cm³/mol. The number of carbonyl (C=O) groups excluding carboxylic acids is 1. The molecule has 0 radical (unpaired) electrons. The molecular formula is C20H21FN4O. The van der Waals surface area contributed by atoms with Gasteiger partial charge in [-0.15, -0.1) is 0 Å². The number of hydrogen-bond acceptors (Lipinski definition) is 3. The topological polar surface area (TPSA) is 59.3 Å². The fourth-order valence-corrected chi connectivity index (χ4v) is 3.91. The Morgan fingerprint density at radius 2 is 1.85 bits per heavy atom. The highest BCUT2D eigenvalue weighted by Crippen LogP contribution is 2.39. The standard InChI is InChI=1S/C20H21FN4O/c1-13-11-14(2)25-18(22-13)12-17(24-25)19(26)23-20(9-3-4-10-20)15-5-7-16(21)8-6-15/h5-8,11-12H,3-4,9-10H2,1-2H3,(H,23,26). The summed E-state index contributed by atoms with van der Waals surface area (Å²) in [6.07, 6.45) is 3.74. The Balaban J connectivity index is 1.67. The lowest BCUT2D eigenvalue weighted by molar-refractivity contribution is 0.0892. The van der Waals surface area contributed by atoms with Crippen LogP contribution in [-0.4, -0.2) is 20.5 Å². The van der Waals surface area contributed by atoms with E-state index in [4.69, 9.17) is 0 Å². The summed E-state index contributed by atoms with van der Waals surface area (Å²) in [4.78, 5) is 17.4. The van der Waals surface area contributed by atoms with E-state index >= 15 is 0 Å². The summed E-state index contributed by atoms with van der Waals surface area (Å²) in [6.45, 7) is 3.86. The molecular weight excluding hydrogens is 331 g/mol. The Morgan fingerprint density at radius 1 is 1.15 bits per heavy atom. The van der Waals surface area contributed by atoms with Crippen molar-refractivity contribution in [3.05, 3.63) is 64.9 Å². The summed E-state index contributed by atoms with van der Waals surface area (Å²) in [5, 5.41) is 7.59. The van der Waals surface area contributed by atoms with Crippen molar-refractivity contribution >= 4 is 11.6 Å². The predicted octanol–water partition coefficient (Wildman–Crippen LogP) is 3.68. The van der Waals surface area contributed by atoms with Crippen molar-refractivity contribution in [1.29, 1.82) is 0 Å². The van der Waals surface area contributed by atoms with Crippen molar-refractivity contribution < 1.29 is 9.18 Å². The van der Waals surface area contributed by atoms with Crippen LogP contribution in [0.3, 0.4) is 0 Å². The molecule has 2 aromatic heterocycles. The maximum atomic E-state index is 13.3. The first-order chi connectivity index (χ1) is 12.5. The van der Waals surface area contributed by atoms with Gasteiger partial charge < -0.3 is 5.32 Å². The third kappa shape index (κ3) is 2.85. The van der Waals surface area contributed by atoms with E-state index in [1.807, 2.05) is 19.9 Å². The molecule has 1 saturated carbocycles. The number of rotatable bonds is 3. The van der Waals surface area contributed by atoms with Gasteiger partial charge in [0.05, 0.1) is 5.54 Å². The first kappa shape index (κ1) is 16.7. The van der Waals surface area contributed by atoms with Crippen LogP contribution in [0.15, 0.2) is 36.4 Å². The molecule has 0 unspecified atom stereocenters. The Hall–Kier alpha value is -2.76. The van der Waals surface area contributed by atoms with E-state index in [9.17, 15) is 9.18 Å². The Morgan fingerprint density at radius 3 is 2.54 bits per heavy atom. The van der Waals surface area contributed by atoms with Crippen molar-refractivity contribution in [3.8, 4) is 0 Å². The number of amides is 1. The van der Waals surface area contributed by atoms with E-state index in [1.54, 1.807) is 22.7 Å². The Kier molecular flexibility index (Phi) is 3.98. The average Bonchev–Trinajstić information content (AvgIpc) is 3.23. The van der Waals surface area contributed by atoms with Crippen molar-refractivity contribution in [2.75, 3.05) is 0 Å². The number of nitrogens with one attached hydrogen (secondary N) is 1. The molecule has 5 nitrogen and oxygen atoms in total. The number of nitrogens with zero attached hydrogens (tertiary/aromatic N) is 3. The van der Waals surface area contributed by atoms with E-state index in [0.717, 1.165) is 42.6 Å². The van der Waals surface area contributed by atoms with Gasteiger partial charge >= 0.3 is 0 Å². The maximum Gasteiger partial charge on any atom is 0.272 e. The molecule has 26 heavy (non-hydrogen) atoms. The molecule has 134 valence electrons. The van der Waals surface area contributed by atoms with Crippen LogP contribution in [0.4, 0.5) is 4.39 Å². The highest BCUT2D eigenvalue weighted by atomic mass is 19.1. The minimum Gasteiger partial charge on any atom is -0.341 e. The molecule has 1 aliphatic rings. The zero-order valence-corrected chi connectivity index (χ0v) is 14.9. The van der Waals surface area contributed by atoms with E-state index < -0.39 is 5.54 Å². The van der Waals surface area contributed by atoms with Gasteiger partial charge in [-0.05, 0) is 50.5 Å². The lowest BCUT2D eigenvalue weighted by atomic mass is 9.88. The second-order valence-corrected chi connectivity index (χ2v) is 7.09. The van der Waals surface area contributed by atoms with Crippen molar-refractivity contribution in [2.45, 2.75) is 45.1 Å². The van der Waals surface area contributed by atoms with Crippen LogP contribution in [0.2, 0.25) is 0 Å². The summed E-state index contributed by atoms with van der Waals surface area (Å²) in [5.74, 6) is -0.496. The minimum absolute atomic E-state index is 0.223. The second-order valence-electron chi connectivity index (χ2n) is 7.09. The molecule has 0 saturated heterocycles. The van der Waals surface area contributed by atoms with Gasteiger partial charge in [0.25, 0.3) is 5.91 Å². The van der Waals surface area contributed by atoms with Gasteiger partial charge in [-0.3, -0.25) is 4.79 Å². The van der Waals surface area contributed by atoms with Gasteiger partial charge in [0.15, 0.2) is 11.3 Å². The third-order valence-corrected chi connectivity index (χ3v) is 5.17. The zero-order valence-electron chi connectivity index (χ0n) is 14.9. The number of carbonyl (C=O) groups is 1. The van der Waals surface area contributed by atoms with Gasteiger partial charge in [0.1, 0.15) is 5.82 Å². The van der Waals surface area contributed by atoms with E-state index in [2.05, 4.69) is 15.4 Å². The fourth-order valence-electron chi connectivity index (χ4n) is 3.91. The van der Waals surface area contributed by atoms with Crippen LogP contribution >= 0.6 is 0 Å². The van der Waals surface area contributed by atoms with Gasteiger partial charge in [-0.1, -0.05) is 25.0 Å². The number of halogens is 1. The highest BCUT2D eigenvalue weighted by molar-refractivity contribution is 5.94. The lowest BCUT2D eigenvalue weighted by Gasteiger charge is -2.30. The molecule has 0 aliphatic heterocycles. The van der Waals surface area contributed by atoms with Crippen LogP contribution in [0.1, 0.15) is 53.1 Å². The molecule has 0 atom stereocenters. The molecule has 0 bridgehead atoms. The van der Waals surface area contributed by atoms with E-state index in [0.29, 0.717) is 11.3 Å². The summed E-state index contributed by atoms with van der Waals surface area (Å²) < 4.78 is 15.0. The normalized spacial score (nSPS) is 16.1. The third-order valence-electron chi connectivity index (χ3n) is 5.17. The monoisotopic (exact) mass is 352 g/mol. The smallest absolute Gasteiger partial charge is 0.272 e. The van der Waals surface area contributed by atoms with Gasteiger partial charge in [0, 0.05) is 17.5 Å².